The summed E-state index contributed by atoms with van der Waals surface area (Å²) in [5.74, 6) is -0.607. The summed E-state index contributed by atoms with van der Waals surface area (Å²) in [7, 11) is 0. The fraction of sp³-hybridized carbons (Fsp3) is 0.400. The predicted molar refractivity (Wildman–Crippen MR) is 81.6 cm³/mol. The summed E-state index contributed by atoms with van der Waals surface area (Å²) in [6.45, 7) is 1.85. The molecule has 1 aromatic carbocycles. The lowest BCUT2D eigenvalue weighted by molar-refractivity contribution is -0.171. The zero-order valence-electron chi connectivity index (χ0n) is 11.5. The van der Waals surface area contributed by atoms with Crippen LogP contribution in [-0.2, 0) is 22.4 Å². The summed E-state index contributed by atoms with van der Waals surface area (Å²) in [4.78, 5) is 4.05. The van der Waals surface area contributed by atoms with E-state index in [9.17, 15) is 0 Å². The summed E-state index contributed by atoms with van der Waals surface area (Å²) in [6.07, 6.45) is 6.92. The molecule has 0 saturated carbocycles. The van der Waals surface area contributed by atoms with E-state index in [1.165, 1.54) is 0 Å². The van der Waals surface area contributed by atoms with Crippen molar-refractivity contribution in [1.29, 1.82) is 0 Å². The predicted octanol–water partition coefficient (Wildman–Crippen LogP) is 3.57. The van der Waals surface area contributed by atoms with Gasteiger partial charge in [0.2, 0.25) is 0 Å². The number of ether oxygens (including phenoxy) is 2. The Morgan fingerprint density at radius 3 is 2.71 bits per heavy atom. The minimum absolute atomic E-state index is 0.607. The maximum Gasteiger partial charge on any atom is 0.186 e. The van der Waals surface area contributed by atoms with Gasteiger partial charge in [0, 0.05) is 28.9 Å². The quantitative estimate of drug-likeness (QED) is 0.842. The van der Waals surface area contributed by atoms with Gasteiger partial charge in [-0.2, -0.15) is 0 Å². The third kappa shape index (κ3) is 3.58. The van der Waals surface area contributed by atoms with Gasteiger partial charge < -0.3 is 14.0 Å². The highest BCUT2D eigenvalue weighted by Crippen LogP contribution is 2.30. The SMILES string of the molecule is Clc1ccc(CCC2(Cn3ccnc3)OCCO2)c(Cl)c1. The first-order valence-electron chi connectivity index (χ1n) is 6.84. The Hall–Kier alpha value is -1.07. The fourth-order valence-corrected chi connectivity index (χ4v) is 3.02. The van der Waals surface area contributed by atoms with Gasteiger partial charge >= 0.3 is 0 Å². The zero-order chi connectivity index (χ0) is 14.7. The van der Waals surface area contributed by atoms with E-state index < -0.39 is 5.79 Å². The van der Waals surface area contributed by atoms with Gasteiger partial charge in [-0.25, -0.2) is 4.98 Å². The van der Waals surface area contributed by atoms with Crippen LogP contribution in [-0.4, -0.2) is 28.6 Å². The molecule has 0 atom stereocenters. The molecule has 0 aliphatic carbocycles. The topological polar surface area (TPSA) is 36.3 Å². The Bertz CT molecular complexity index is 596. The van der Waals surface area contributed by atoms with Crippen molar-refractivity contribution in [2.75, 3.05) is 13.2 Å². The second-order valence-electron chi connectivity index (χ2n) is 5.08. The highest BCUT2D eigenvalue weighted by molar-refractivity contribution is 6.35. The molecule has 4 nitrogen and oxygen atoms in total. The third-order valence-corrected chi connectivity index (χ3v) is 4.17. The van der Waals surface area contributed by atoms with Gasteiger partial charge in [0.25, 0.3) is 0 Å². The zero-order valence-corrected chi connectivity index (χ0v) is 13.0. The molecule has 21 heavy (non-hydrogen) atoms. The Morgan fingerprint density at radius 1 is 1.24 bits per heavy atom. The van der Waals surface area contributed by atoms with Gasteiger partial charge in [0.05, 0.1) is 26.1 Å². The lowest BCUT2D eigenvalue weighted by Gasteiger charge is -2.28. The van der Waals surface area contributed by atoms with Crippen molar-refractivity contribution in [3.63, 3.8) is 0 Å². The van der Waals surface area contributed by atoms with Crippen LogP contribution in [0.5, 0.6) is 0 Å². The number of hydrogen-bond donors (Lipinski definition) is 0. The normalized spacial score (nSPS) is 17.2. The molecular weight excluding hydrogens is 311 g/mol. The van der Waals surface area contributed by atoms with Gasteiger partial charge in [-0.3, -0.25) is 0 Å². The largest absolute Gasteiger partial charge is 0.346 e. The number of imidazole rings is 1. The first kappa shape index (κ1) is 14.9. The minimum atomic E-state index is -0.607. The molecule has 1 aliphatic heterocycles. The monoisotopic (exact) mass is 326 g/mol. The number of aromatic nitrogens is 2. The van der Waals surface area contributed by atoms with Crippen molar-refractivity contribution in [1.82, 2.24) is 9.55 Å². The van der Waals surface area contributed by atoms with Crippen molar-refractivity contribution in [3.05, 3.63) is 52.5 Å². The first-order chi connectivity index (χ1) is 10.2. The van der Waals surface area contributed by atoms with Crippen molar-refractivity contribution in [2.45, 2.75) is 25.2 Å². The van der Waals surface area contributed by atoms with Crippen LogP contribution in [0.4, 0.5) is 0 Å². The molecule has 2 heterocycles. The van der Waals surface area contributed by atoms with E-state index in [1.54, 1.807) is 18.6 Å². The van der Waals surface area contributed by atoms with Crippen LogP contribution in [0, 0.1) is 0 Å². The van der Waals surface area contributed by atoms with E-state index in [0.29, 0.717) is 29.8 Å². The number of benzene rings is 1. The molecule has 1 saturated heterocycles. The molecule has 0 bridgehead atoms. The maximum atomic E-state index is 6.22. The molecule has 0 spiro atoms. The Labute approximate surface area is 133 Å². The van der Waals surface area contributed by atoms with Crippen LogP contribution in [0.1, 0.15) is 12.0 Å². The van der Waals surface area contributed by atoms with E-state index in [1.807, 2.05) is 22.9 Å². The second-order valence-corrected chi connectivity index (χ2v) is 5.92. The number of aryl methyl sites for hydroxylation is 1. The molecule has 0 N–H and O–H groups in total. The lowest BCUT2D eigenvalue weighted by Crippen LogP contribution is -2.35. The standard InChI is InChI=1S/C15H16Cl2N2O2/c16-13-2-1-12(14(17)9-13)3-4-15(20-7-8-21-15)10-19-6-5-18-11-19/h1-2,5-6,9,11H,3-4,7-8,10H2. The van der Waals surface area contributed by atoms with E-state index in [4.69, 9.17) is 32.7 Å². The first-order valence-corrected chi connectivity index (χ1v) is 7.60. The van der Waals surface area contributed by atoms with Crippen LogP contribution in [0.25, 0.3) is 0 Å². The molecule has 6 heteroatoms. The van der Waals surface area contributed by atoms with Gasteiger partial charge in [-0.05, 0) is 24.1 Å². The van der Waals surface area contributed by atoms with Gasteiger partial charge in [-0.15, -0.1) is 0 Å². The Kier molecular flexibility index (Phi) is 4.50. The summed E-state index contributed by atoms with van der Waals surface area (Å²) < 4.78 is 13.7. The molecule has 0 amide bonds. The summed E-state index contributed by atoms with van der Waals surface area (Å²) in [5.41, 5.74) is 1.05. The Balaban J connectivity index is 1.70. The Morgan fingerprint density at radius 2 is 2.05 bits per heavy atom. The summed E-state index contributed by atoms with van der Waals surface area (Å²) in [5, 5.41) is 1.32. The van der Waals surface area contributed by atoms with E-state index in [-0.39, 0.29) is 0 Å². The van der Waals surface area contributed by atoms with Crippen molar-refractivity contribution in [3.8, 4) is 0 Å². The van der Waals surface area contributed by atoms with Gasteiger partial charge in [0.1, 0.15) is 0 Å². The molecule has 2 aromatic rings. The molecule has 0 radical (unpaired) electrons. The molecule has 1 aromatic heterocycles. The smallest absolute Gasteiger partial charge is 0.186 e. The van der Waals surface area contributed by atoms with Gasteiger partial charge in [-0.1, -0.05) is 29.3 Å². The fourth-order valence-electron chi connectivity index (χ4n) is 2.52. The van der Waals surface area contributed by atoms with Crippen LogP contribution >= 0.6 is 23.2 Å². The molecular formula is C15H16Cl2N2O2. The van der Waals surface area contributed by atoms with E-state index in [2.05, 4.69) is 4.98 Å². The summed E-state index contributed by atoms with van der Waals surface area (Å²) in [6, 6.07) is 5.56. The van der Waals surface area contributed by atoms with Crippen LogP contribution in [0.3, 0.4) is 0 Å². The van der Waals surface area contributed by atoms with Crippen molar-refractivity contribution >= 4 is 23.2 Å². The number of hydrogen-bond acceptors (Lipinski definition) is 3. The highest BCUT2D eigenvalue weighted by atomic mass is 35.5. The lowest BCUT2D eigenvalue weighted by atomic mass is 10.0. The maximum absolute atomic E-state index is 6.22. The number of halogens is 2. The second kappa shape index (κ2) is 6.36. The van der Waals surface area contributed by atoms with Crippen LogP contribution < -0.4 is 0 Å². The molecule has 112 valence electrons. The van der Waals surface area contributed by atoms with Gasteiger partial charge in [0.15, 0.2) is 5.79 Å². The number of rotatable bonds is 5. The van der Waals surface area contributed by atoms with E-state index in [0.717, 1.165) is 18.4 Å². The van der Waals surface area contributed by atoms with Crippen LogP contribution in [0.2, 0.25) is 10.0 Å². The molecule has 1 fully saturated rings. The van der Waals surface area contributed by atoms with E-state index >= 15 is 0 Å². The average Bonchev–Trinajstić information content (AvgIpc) is 3.11. The number of nitrogens with zero attached hydrogens (tertiary/aromatic N) is 2. The molecule has 0 unspecified atom stereocenters. The molecule has 1 aliphatic rings. The molecule has 3 rings (SSSR count). The van der Waals surface area contributed by atoms with Crippen molar-refractivity contribution in [2.24, 2.45) is 0 Å². The third-order valence-electron chi connectivity index (χ3n) is 3.59. The average molecular weight is 327 g/mol. The minimum Gasteiger partial charge on any atom is -0.346 e. The van der Waals surface area contributed by atoms with Crippen molar-refractivity contribution < 1.29 is 9.47 Å². The summed E-state index contributed by atoms with van der Waals surface area (Å²) >= 11 is 12.1. The highest BCUT2D eigenvalue weighted by Gasteiger charge is 2.36. The van der Waals surface area contributed by atoms with Crippen LogP contribution in [0.15, 0.2) is 36.9 Å².